The van der Waals surface area contributed by atoms with Crippen molar-refractivity contribution >= 4 is 11.2 Å². The van der Waals surface area contributed by atoms with Crippen molar-refractivity contribution in [3.05, 3.63) is 26.7 Å². The SMILES string of the molecule is CCc1nc2c(c(=O)n(CCN)c(=O)n2C(C)C)n1CC. The molecule has 0 spiro atoms. The molecule has 0 aromatic carbocycles. The van der Waals surface area contributed by atoms with Crippen LogP contribution in [0.5, 0.6) is 0 Å². The molecule has 0 radical (unpaired) electrons. The fourth-order valence-electron chi connectivity index (χ4n) is 2.70. The van der Waals surface area contributed by atoms with Gasteiger partial charge >= 0.3 is 5.69 Å². The topological polar surface area (TPSA) is 87.8 Å². The lowest BCUT2D eigenvalue weighted by Crippen LogP contribution is -2.42. The summed E-state index contributed by atoms with van der Waals surface area (Å²) in [5, 5.41) is 0. The Morgan fingerprint density at radius 2 is 1.86 bits per heavy atom. The predicted molar refractivity (Wildman–Crippen MR) is 82.7 cm³/mol. The lowest BCUT2D eigenvalue weighted by atomic mass is 10.3. The Bertz CT molecular complexity index is 766. The second-order valence-corrected chi connectivity index (χ2v) is 5.29. The summed E-state index contributed by atoms with van der Waals surface area (Å²) in [4.78, 5) is 29.7. The molecular formula is C14H23N5O2. The summed E-state index contributed by atoms with van der Waals surface area (Å²) in [6.07, 6.45) is 0.713. The van der Waals surface area contributed by atoms with Gasteiger partial charge in [-0.15, -0.1) is 0 Å². The first-order valence-corrected chi connectivity index (χ1v) is 7.42. The third kappa shape index (κ3) is 2.31. The van der Waals surface area contributed by atoms with E-state index < -0.39 is 0 Å². The number of nitrogens with two attached hydrogens (primary N) is 1. The minimum Gasteiger partial charge on any atom is -0.329 e. The number of hydrogen-bond acceptors (Lipinski definition) is 4. The summed E-state index contributed by atoms with van der Waals surface area (Å²) >= 11 is 0. The van der Waals surface area contributed by atoms with E-state index in [2.05, 4.69) is 4.98 Å². The number of nitrogens with zero attached hydrogens (tertiary/aromatic N) is 4. The van der Waals surface area contributed by atoms with Gasteiger partial charge < -0.3 is 10.3 Å². The molecule has 0 aliphatic rings. The van der Waals surface area contributed by atoms with Crippen LogP contribution in [0.4, 0.5) is 0 Å². The first kappa shape index (κ1) is 15.5. The van der Waals surface area contributed by atoms with E-state index in [1.165, 1.54) is 4.57 Å². The average Bonchev–Trinajstić information content (AvgIpc) is 2.81. The highest BCUT2D eigenvalue weighted by Gasteiger charge is 2.21. The second-order valence-electron chi connectivity index (χ2n) is 5.29. The lowest BCUT2D eigenvalue weighted by Gasteiger charge is -2.14. The zero-order valence-electron chi connectivity index (χ0n) is 13.1. The average molecular weight is 293 g/mol. The molecule has 21 heavy (non-hydrogen) atoms. The summed E-state index contributed by atoms with van der Waals surface area (Å²) in [7, 11) is 0. The maximum Gasteiger partial charge on any atom is 0.333 e. The van der Waals surface area contributed by atoms with Crippen molar-refractivity contribution in [2.24, 2.45) is 5.73 Å². The fraction of sp³-hybridized carbons (Fsp3) is 0.643. The van der Waals surface area contributed by atoms with Gasteiger partial charge in [0.05, 0.1) is 0 Å². The van der Waals surface area contributed by atoms with Gasteiger partial charge in [-0.05, 0) is 20.8 Å². The number of fused-ring (bicyclic) bond motifs is 1. The highest BCUT2D eigenvalue weighted by atomic mass is 16.2. The quantitative estimate of drug-likeness (QED) is 0.868. The van der Waals surface area contributed by atoms with Gasteiger partial charge in [0.25, 0.3) is 5.56 Å². The van der Waals surface area contributed by atoms with Gasteiger partial charge in [0.2, 0.25) is 0 Å². The smallest absolute Gasteiger partial charge is 0.329 e. The fourth-order valence-corrected chi connectivity index (χ4v) is 2.70. The molecule has 0 aliphatic heterocycles. The molecule has 2 aromatic rings. The van der Waals surface area contributed by atoms with Gasteiger partial charge in [-0.2, -0.15) is 0 Å². The Labute approximate surface area is 123 Å². The first-order valence-electron chi connectivity index (χ1n) is 7.42. The van der Waals surface area contributed by atoms with E-state index in [0.717, 1.165) is 5.82 Å². The van der Waals surface area contributed by atoms with Crippen molar-refractivity contribution in [3.8, 4) is 0 Å². The minimum absolute atomic E-state index is 0.0745. The van der Waals surface area contributed by atoms with Crippen LogP contribution in [0, 0.1) is 0 Å². The summed E-state index contributed by atoms with van der Waals surface area (Å²) in [5.74, 6) is 0.823. The summed E-state index contributed by atoms with van der Waals surface area (Å²) in [5.41, 5.74) is 5.88. The summed E-state index contributed by atoms with van der Waals surface area (Å²) in [6.45, 7) is 8.90. The Kier molecular flexibility index (Phi) is 4.32. The van der Waals surface area contributed by atoms with Crippen LogP contribution in [0.25, 0.3) is 11.2 Å². The molecule has 0 amide bonds. The van der Waals surface area contributed by atoms with E-state index >= 15 is 0 Å². The van der Waals surface area contributed by atoms with Gasteiger partial charge in [0.15, 0.2) is 11.2 Å². The van der Waals surface area contributed by atoms with E-state index in [0.29, 0.717) is 24.1 Å². The van der Waals surface area contributed by atoms with Crippen molar-refractivity contribution in [1.82, 2.24) is 18.7 Å². The Morgan fingerprint density at radius 1 is 1.19 bits per heavy atom. The molecule has 2 N–H and O–H groups in total. The van der Waals surface area contributed by atoms with E-state index in [9.17, 15) is 9.59 Å². The minimum atomic E-state index is -0.337. The molecular weight excluding hydrogens is 270 g/mol. The maximum atomic E-state index is 12.7. The van der Waals surface area contributed by atoms with Crippen LogP contribution in [0.15, 0.2) is 9.59 Å². The molecule has 0 bridgehead atoms. The molecule has 7 heteroatoms. The predicted octanol–water partition coefficient (Wildman–Crippen LogP) is 0.482. The monoisotopic (exact) mass is 293 g/mol. The molecule has 2 aromatic heterocycles. The van der Waals surface area contributed by atoms with Crippen LogP contribution in [-0.4, -0.2) is 25.2 Å². The Hall–Kier alpha value is -1.89. The number of hydrogen-bond donors (Lipinski definition) is 1. The van der Waals surface area contributed by atoms with Crippen LogP contribution >= 0.6 is 0 Å². The third-order valence-corrected chi connectivity index (χ3v) is 3.64. The normalized spacial score (nSPS) is 11.7. The van der Waals surface area contributed by atoms with Crippen molar-refractivity contribution in [2.75, 3.05) is 6.54 Å². The maximum absolute atomic E-state index is 12.7. The molecule has 0 fully saturated rings. The van der Waals surface area contributed by atoms with Gasteiger partial charge in [-0.25, -0.2) is 9.78 Å². The molecule has 0 saturated carbocycles. The van der Waals surface area contributed by atoms with Gasteiger partial charge in [-0.1, -0.05) is 6.92 Å². The van der Waals surface area contributed by atoms with Crippen LogP contribution in [0.3, 0.4) is 0 Å². The van der Waals surface area contributed by atoms with Gasteiger partial charge in [-0.3, -0.25) is 13.9 Å². The standard InChI is InChI=1S/C14H23N5O2/c1-5-10-16-12-11(17(10)6-2)13(20)18(8-7-15)14(21)19(12)9(3)4/h9H,5-8,15H2,1-4H3. The molecule has 7 nitrogen and oxygen atoms in total. The Balaban J connectivity index is 3.03. The Morgan fingerprint density at radius 3 is 2.33 bits per heavy atom. The van der Waals surface area contributed by atoms with E-state index in [4.69, 9.17) is 5.73 Å². The van der Waals surface area contributed by atoms with Crippen molar-refractivity contribution in [3.63, 3.8) is 0 Å². The van der Waals surface area contributed by atoms with Gasteiger partial charge in [0.1, 0.15) is 5.82 Å². The molecule has 0 saturated heterocycles. The highest BCUT2D eigenvalue weighted by Crippen LogP contribution is 2.15. The van der Waals surface area contributed by atoms with E-state index in [1.54, 1.807) is 4.57 Å². The second kappa shape index (κ2) is 5.85. The van der Waals surface area contributed by atoms with Crippen LogP contribution in [0.1, 0.15) is 39.6 Å². The molecule has 0 atom stereocenters. The summed E-state index contributed by atoms with van der Waals surface area (Å²) < 4.78 is 4.69. The van der Waals surface area contributed by atoms with Crippen LogP contribution in [-0.2, 0) is 19.5 Å². The number of aromatic nitrogens is 4. The highest BCUT2D eigenvalue weighted by molar-refractivity contribution is 5.71. The number of rotatable bonds is 5. The van der Waals surface area contributed by atoms with E-state index in [1.807, 2.05) is 32.3 Å². The number of imidazole rings is 1. The lowest BCUT2D eigenvalue weighted by molar-refractivity contribution is 0.525. The zero-order chi connectivity index (χ0) is 15.7. The molecule has 0 unspecified atom stereocenters. The van der Waals surface area contributed by atoms with Crippen molar-refractivity contribution < 1.29 is 0 Å². The largest absolute Gasteiger partial charge is 0.333 e. The molecule has 2 rings (SSSR count). The molecule has 116 valence electrons. The molecule has 2 heterocycles. The van der Waals surface area contributed by atoms with Crippen molar-refractivity contribution in [1.29, 1.82) is 0 Å². The zero-order valence-corrected chi connectivity index (χ0v) is 13.1. The number of aryl methyl sites for hydroxylation is 2. The molecule has 0 aliphatic carbocycles. The van der Waals surface area contributed by atoms with Crippen LogP contribution < -0.4 is 17.0 Å². The van der Waals surface area contributed by atoms with E-state index in [-0.39, 0.29) is 30.4 Å². The van der Waals surface area contributed by atoms with Gasteiger partial charge in [0, 0.05) is 32.1 Å². The first-order chi connectivity index (χ1) is 9.97. The summed E-state index contributed by atoms with van der Waals surface area (Å²) in [6, 6.07) is -0.0745. The third-order valence-electron chi connectivity index (χ3n) is 3.64. The van der Waals surface area contributed by atoms with Crippen molar-refractivity contribution in [2.45, 2.75) is 53.2 Å². The van der Waals surface area contributed by atoms with Crippen LogP contribution in [0.2, 0.25) is 0 Å².